The third kappa shape index (κ3) is 2.38. The molecule has 2 heterocycles. The summed E-state index contributed by atoms with van der Waals surface area (Å²) in [5.41, 5.74) is 1.79. The lowest BCUT2D eigenvalue weighted by atomic mass is 10.1. The van der Waals surface area contributed by atoms with Crippen LogP contribution < -0.4 is 4.74 Å². The standard InChI is InChI=1S/C15H16N2O2/c1-11(18)12-4-2-5-13(8-12)19-15-6-3-7-17-10-16-9-14(15)17/h2,4-5,8-10,15H,3,6-7H2,1H3. The molecule has 1 aromatic heterocycles. The second-order valence-corrected chi connectivity index (χ2v) is 4.84. The predicted molar refractivity (Wildman–Crippen MR) is 71.3 cm³/mol. The van der Waals surface area contributed by atoms with E-state index in [4.69, 9.17) is 4.74 Å². The van der Waals surface area contributed by atoms with Gasteiger partial charge in [-0.05, 0) is 31.9 Å². The topological polar surface area (TPSA) is 44.1 Å². The summed E-state index contributed by atoms with van der Waals surface area (Å²) in [5.74, 6) is 0.798. The Balaban J connectivity index is 1.83. The van der Waals surface area contributed by atoms with Crippen LogP contribution in [0.5, 0.6) is 5.75 Å². The minimum atomic E-state index is 0.0264. The molecule has 0 fully saturated rings. The third-order valence-electron chi connectivity index (χ3n) is 3.46. The number of carbonyl (C=O) groups is 1. The lowest BCUT2D eigenvalue weighted by molar-refractivity contribution is 0.101. The molecule has 1 unspecified atom stereocenters. The first-order chi connectivity index (χ1) is 9.24. The van der Waals surface area contributed by atoms with Gasteiger partial charge in [-0.15, -0.1) is 0 Å². The quantitative estimate of drug-likeness (QED) is 0.793. The molecule has 0 spiro atoms. The minimum absolute atomic E-state index is 0.0264. The normalized spacial score (nSPS) is 17.8. The van der Waals surface area contributed by atoms with Gasteiger partial charge in [-0.25, -0.2) is 4.98 Å². The van der Waals surface area contributed by atoms with Gasteiger partial charge in [-0.3, -0.25) is 4.79 Å². The number of aromatic nitrogens is 2. The Morgan fingerprint density at radius 3 is 3.21 bits per heavy atom. The van der Waals surface area contributed by atoms with Crippen LogP contribution >= 0.6 is 0 Å². The summed E-state index contributed by atoms with van der Waals surface area (Å²) in [6.45, 7) is 2.57. The molecular formula is C15H16N2O2. The number of hydrogen-bond donors (Lipinski definition) is 0. The smallest absolute Gasteiger partial charge is 0.159 e. The molecule has 4 nitrogen and oxygen atoms in total. The number of fused-ring (bicyclic) bond motifs is 1. The molecule has 19 heavy (non-hydrogen) atoms. The van der Waals surface area contributed by atoms with Gasteiger partial charge in [0.05, 0.1) is 18.2 Å². The van der Waals surface area contributed by atoms with Crippen molar-refractivity contribution < 1.29 is 9.53 Å². The second kappa shape index (κ2) is 4.88. The van der Waals surface area contributed by atoms with E-state index < -0.39 is 0 Å². The maximum Gasteiger partial charge on any atom is 0.159 e. The van der Waals surface area contributed by atoms with Crippen molar-refractivity contribution in [3.63, 3.8) is 0 Å². The van der Waals surface area contributed by atoms with E-state index in [2.05, 4.69) is 9.55 Å². The van der Waals surface area contributed by atoms with E-state index in [-0.39, 0.29) is 11.9 Å². The average molecular weight is 256 g/mol. The van der Waals surface area contributed by atoms with Gasteiger partial charge in [-0.1, -0.05) is 12.1 Å². The molecule has 0 aliphatic carbocycles. The van der Waals surface area contributed by atoms with Gasteiger partial charge in [0.2, 0.25) is 0 Å². The minimum Gasteiger partial charge on any atom is -0.484 e. The van der Waals surface area contributed by atoms with Crippen LogP contribution in [0.2, 0.25) is 0 Å². The van der Waals surface area contributed by atoms with Crippen LogP contribution in [-0.4, -0.2) is 15.3 Å². The number of nitrogens with zero attached hydrogens (tertiary/aromatic N) is 2. The first kappa shape index (κ1) is 12.0. The lowest BCUT2D eigenvalue weighted by Crippen LogP contribution is -2.18. The van der Waals surface area contributed by atoms with Crippen LogP contribution in [0.3, 0.4) is 0 Å². The van der Waals surface area contributed by atoms with E-state index in [1.54, 1.807) is 19.1 Å². The molecule has 3 rings (SSSR count). The number of rotatable bonds is 3. The van der Waals surface area contributed by atoms with Crippen LogP contribution in [0.15, 0.2) is 36.8 Å². The first-order valence-corrected chi connectivity index (χ1v) is 6.52. The molecule has 0 radical (unpaired) electrons. The number of carbonyl (C=O) groups excluding carboxylic acids is 1. The maximum atomic E-state index is 11.4. The van der Waals surface area contributed by atoms with Crippen LogP contribution in [0, 0.1) is 0 Å². The molecular weight excluding hydrogens is 240 g/mol. The molecule has 1 atom stereocenters. The van der Waals surface area contributed by atoms with E-state index in [1.807, 2.05) is 24.7 Å². The summed E-state index contributed by atoms with van der Waals surface area (Å²) < 4.78 is 8.15. The Labute approximate surface area is 112 Å². The van der Waals surface area contributed by atoms with Crippen LogP contribution in [0.25, 0.3) is 0 Å². The average Bonchev–Trinajstić information content (AvgIpc) is 2.88. The number of imidazole rings is 1. The van der Waals surface area contributed by atoms with Gasteiger partial charge in [0.1, 0.15) is 11.9 Å². The number of ether oxygens (including phenoxy) is 1. The Morgan fingerprint density at radius 1 is 1.47 bits per heavy atom. The van der Waals surface area contributed by atoms with Crippen molar-refractivity contribution in [1.82, 2.24) is 9.55 Å². The van der Waals surface area contributed by atoms with Crippen molar-refractivity contribution in [1.29, 1.82) is 0 Å². The monoisotopic (exact) mass is 256 g/mol. The fourth-order valence-electron chi connectivity index (χ4n) is 2.45. The van der Waals surface area contributed by atoms with E-state index >= 15 is 0 Å². The molecule has 0 saturated heterocycles. The fraction of sp³-hybridized carbons (Fsp3) is 0.333. The number of ketones is 1. The molecule has 98 valence electrons. The first-order valence-electron chi connectivity index (χ1n) is 6.52. The maximum absolute atomic E-state index is 11.4. The van der Waals surface area contributed by atoms with E-state index in [0.29, 0.717) is 5.56 Å². The van der Waals surface area contributed by atoms with E-state index in [9.17, 15) is 4.79 Å². The zero-order valence-corrected chi connectivity index (χ0v) is 10.9. The molecule has 2 aromatic rings. The largest absolute Gasteiger partial charge is 0.484 e. The summed E-state index contributed by atoms with van der Waals surface area (Å²) in [7, 11) is 0. The molecule has 1 aliphatic heterocycles. The number of hydrogen-bond acceptors (Lipinski definition) is 3. The van der Waals surface area contributed by atoms with Crippen molar-refractivity contribution >= 4 is 5.78 Å². The highest BCUT2D eigenvalue weighted by atomic mass is 16.5. The van der Waals surface area contributed by atoms with Crippen LogP contribution in [0.1, 0.15) is 41.9 Å². The summed E-state index contributed by atoms with van der Waals surface area (Å²) in [4.78, 5) is 15.5. The van der Waals surface area contributed by atoms with E-state index in [1.165, 1.54) is 0 Å². The molecule has 4 heteroatoms. The fourth-order valence-corrected chi connectivity index (χ4v) is 2.45. The molecule has 0 N–H and O–H groups in total. The predicted octanol–water partition coefficient (Wildman–Crippen LogP) is 3.00. The van der Waals surface area contributed by atoms with Crippen molar-refractivity contribution in [3.8, 4) is 5.75 Å². The van der Waals surface area contributed by atoms with Crippen LogP contribution in [0.4, 0.5) is 0 Å². The Kier molecular flexibility index (Phi) is 3.07. The van der Waals surface area contributed by atoms with Gasteiger partial charge in [0.15, 0.2) is 5.78 Å². The molecule has 0 amide bonds. The number of aryl methyl sites for hydroxylation is 1. The highest BCUT2D eigenvalue weighted by Crippen LogP contribution is 2.30. The van der Waals surface area contributed by atoms with Gasteiger partial charge >= 0.3 is 0 Å². The van der Waals surface area contributed by atoms with Gasteiger partial charge in [0.25, 0.3) is 0 Å². The number of Topliss-reactive ketones (excluding diaryl/α,β-unsaturated/α-hetero) is 1. The molecule has 0 saturated carbocycles. The van der Waals surface area contributed by atoms with Crippen molar-refractivity contribution in [2.24, 2.45) is 0 Å². The number of benzene rings is 1. The van der Waals surface area contributed by atoms with Crippen LogP contribution in [-0.2, 0) is 6.54 Å². The van der Waals surface area contributed by atoms with Gasteiger partial charge in [-0.2, -0.15) is 0 Å². The Bertz CT molecular complexity index is 604. The second-order valence-electron chi connectivity index (χ2n) is 4.84. The van der Waals surface area contributed by atoms with Gasteiger partial charge < -0.3 is 9.30 Å². The molecule has 1 aromatic carbocycles. The lowest BCUT2D eigenvalue weighted by Gasteiger charge is -2.25. The SMILES string of the molecule is CC(=O)c1cccc(OC2CCCn3cncc32)c1. The van der Waals surface area contributed by atoms with Crippen molar-refractivity contribution in [2.75, 3.05) is 0 Å². The summed E-state index contributed by atoms with van der Waals surface area (Å²) in [6.07, 6.45) is 5.80. The van der Waals surface area contributed by atoms with Crippen molar-refractivity contribution in [3.05, 3.63) is 48.0 Å². The zero-order valence-electron chi connectivity index (χ0n) is 10.9. The zero-order chi connectivity index (χ0) is 13.2. The highest BCUT2D eigenvalue weighted by molar-refractivity contribution is 5.94. The van der Waals surface area contributed by atoms with Crippen molar-refractivity contribution in [2.45, 2.75) is 32.4 Å². The summed E-state index contributed by atoms with van der Waals surface area (Å²) in [6, 6.07) is 7.35. The highest BCUT2D eigenvalue weighted by Gasteiger charge is 2.22. The van der Waals surface area contributed by atoms with E-state index in [0.717, 1.165) is 30.8 Å². The third-order valence-corrected chi connectivity index (χ3v) is 3.46. The molecule has 1 aliphatic rings. The summed E-state index contributed by atoms with van der Waals surface area (Å²) in [5, 5.41) is 0. The van der Waals surface area contributed by atoms with Gasteiger partial charge in [0, 0.05) is 12.1 Å². The summed E-state index contributed by atoms with van der Waals surface area (Å²) >= 11 is 0. The Hall–Kier alpha value is -2.10. The Morgan fingerprint density at radius 2 is 2.37 bits per heavy atom. The molecule has 0 bridgehead atoms.